The van der Waals surface area contributed by atoms with Gasteiger partial charge in [0.15, 0.2) is 0 Å². The summed E-state index contributed by atoms with van der Waals surface area (Å²) in [7, 11) is -0.624. The Bertz CT molecular complexity index is 1720. The number of aliphatic hydroxyl groups is 1. The SMILES string of the molecule is C[C@@H](O)[C@H]1C(=O)C2C(C(=O)[O-])=C(CN3c4cccc5cc(CCn6cc[n+](C)c6)cc(c45)N(C)S3(=O)=O)[C@H](C)[C@@H]21.[Cl-]. The molecule has 12 heteroatoms. The largest absolute Gasteiger partial charge is 1.00 e. The molecule has 6 rings (SSSR count). The Morgan fingerprint density at radius 1 is 1.22 bits per heavy atom. The quantitative estimate of drug-likeness (QED) is 0.305. The lowest BCUT2D eigenvalue weighted by Gasteiger charge is -2.44. The normalized spacial score (nSPS) is 25.1. The number of ketones is 1. The number of benzene rings is 2. The molecule has 1 unspecified atom stereocenters. The highest BCUT2D eigenvalue weighted by Gasteiger charge is 2.60. The Morgan fingerprint density at radius 3 is 2.59 bits per heavy atom. The summed E-state index contributed by atoms with van der Waals surface area (Å²) in [5.74, 6) is -4.15. The lowest BCUT2D eigenvalue weighted by molar-refractivity contribution is -0.671. The van der Waals surface area contributed by atoms with E-state index in [4.69, 9.17) is 0 Å². The number of aromatic nitrogens is 2. The van der Waals surface area contributed by atoms with E-state index >= 15 is 0 Å². The van der Waals surface area contributed by atoms with Crippen molar-refractivity contribution in [3.05, 3.63) is 65.8 Å². The third kappa shape index (κ3) is 4.33. The number of carboxylic acids is 1. The fourth-order valence-corrected chi connectivity index (χ4v) is 8.38. The Kier molecular flexibility index (Phi) is 7.20. The molecule has 0 spiro atoms. The number of rotatable bonds is 7. The van der Waals surface area contributed by atoms with E-state index in [1.54, 1.807) is 19.1 Å². The van der Waals surface area contributed by atoms with Gasteiger partial charge in [0, 0.05) is 30.7 Å². The summed E-state index contributed by atoms with van der Waals surface area (Å²) in [6.45, 7) is 3.85. The molecule has 2 aromatic carbocycles. The van der Waals surface area contributed by atoms with Gasteiger partial charge in [0.2, 0.25) is 6.33 Å². The van der Waals surface area contributed by atoms with Gasteiger partial charge in [-0.05, 0) is 53.0 Å². The monoisotopic (exact) mass is 599 g/mol. The van der Waals surface area contributed by atoms with E-state index in [0.29, 0.717) is 23.4 Å². The van der Waals surface area contributed by atoms with Crippen LogP contribution in [0.4, 0.5) is 11.4 Å². The Hall–Kier alpha value is -3.41. The van der Waals surface area contributed by atoms with Gasteiger partial charge in [0.1, 0.15) is 18.2 Å². The molecule has 2 aliphatic carbocycles. The molecule has 0 saturated heterocycles. The molecule has 0 amide bonds. The van der Waals surface area contributed by atoms with E-state index in [-0.39, 0.29) is 30.3 Å². The molecule has 5 atom stereocenters. The first-order valence-electron chi connectivity index (χ1n) is 13.4. The van der Waals surface area contributed by atoms with Gasteiger partial charge >= 0.3 is 10.2 Å². The molecule has 10 nitrogen and oxygen atoms in total. The average Bonchev–Trinajstić information content (AvgIpc) is 3.42. The third-order valence-electron chi connectivity index (χ3n) is 8.98. The molecule has 3 aromatic rings. The summed E-state index contributed by atoms with van der Waals surface area (Å²) < 4.78 is 34.4. The van der Waals surface area contributed by atoms with E-state index in [1.807, 2.05) is 42.5 Å². The molecule has 1 saturated carbocycles. The molecule has 1 aromatic heterocycles. The average molecular weight is 600 g/mol. The maximum Gasteiger partial charge on any atom is 0.326 e. The molecular formula is C29H32ClN4O6S-. The van der Waals surface area contributed by atoms with Gasteiger partial charge in [0.25, 0.3) is 0 Å². The van der Waals surface area contributed by atoms with Crippen LogP contribution in [0.3, 0.4) is 0 Å². The van der Waals surface area contributed by atoms with Crippen molar-refractivity contribution in [2.45, 2.75) is 32.9 Å². The highest BCUT2D eigenvalue weighted by atomic mass is 35.5. The number of aliphatic hydroxyl groups excluding tert-OH is 1. The zero-order valence-electron chi connectivity index (χ0n) is 23.2. The lowest BCUT2D eigenvalue weighted by Crippen LogP contribution is -3.00. The van der Waals surface area contributed by atoms with Crippen LogP contribution in [0.2, 0.25) is 0 Å². The summed E-state index contributed by atoms with van der Waals surface area (Å²) in [5, 5.41) is 24.1. The number of anilines is 2. The number of carbonyl (C=O) groups is 2. The van der Waals surface area contributed by atoms with Crippen LogP contribution >= 0.6 is 0 Å². The van der Waals surface area contributed by atoms with Crippen LogP contribution in [0.1, 0.15) is 19.4 Å². The first-order chi connectivity index (χ1) is 18.9. The highest BCUT2D eigenvalue weighted by molar-refractivity contribution is 7.94. The number of Topliss-reactive ketones (excluding diaryl/α,β-unsaturated/α-hetero) is 1. The molecule has 2 heterocycles. The van der Waals surface area contributed by atoms with Crippen LogP contribution in [-0.2, 0) is 39.8 Å². The zero-order chi connectivity index (χ0) is 28.7. The Balaban J connectivity index is 0.00000337. The van der Waals surface area contributed by atoms with Gasteiger partial charge in [-0.25, -0.2) is 13.4 Å². The lowest BCUT2D eigenvalue weighted by atomic mass is 9.59. The molecule has 41 heavy (non-hydrogen) atoms. The van der Waals surface area contributed by atoms with Crippen LogP contribution in [0.5, 0.6) is 0 Å². The second kappa shape index (κ2) is 10.1. The predicted molar refractivity (Wildman–Crippen MR) is 146 cm³/mol. The van der Waals surface area contributed by atoms with Crippen LogP contribution in [0.25, 0.3) is 10.8 Å². The summed E-state index contributed by atoms with van der Waals surface area (Å²) in [4.78, 5) is 25.1. The number of carbonyl (C=O) groups excluding carboxylic acids is 2. The molecular weight excluding hydrogens is 568 g/mol. The van der Waals surface area contributed by atoms with Gasteiger partial charge in [-0.3, -0.25) is 9.10 Å². The predicted octanol–water partition coefficient (Wildman–Crippen LogP) is -2.28. The van der Waals surface area contributed by atoms with Gasteiger partial charge in [0.05, 0.1) is 43.6 Å². The second-order valence-corrected chi connectivity index (χ2v) is 13.2. The van der Waals surface area contributed by atoms with Crippen LogP contribution in [0.15, 0.2) is 60.2 Å². The topological polar surface area (TPSA) is 127 Å². The fraction of sp³-hybridized carbons (Fsp3) is 0.414. The van der Waals surface area contributed by atoms with E-state index in [1.165, 1.54) is 22.6 Å². The van der Waals surface area contributed by atoms with E-state index in [2.05, 4.69) is 10.6 Å². The zero-order valence-corrected chi connectivity index (χ0v) is 24.8. The molecule has 1 aliphatic heterocycles. The molecule has 218 valence electrons. The van der Waals surface area contributed by atoms with Gasteiger partial charge < -0.3 is 27.4 Å². The van der Waals surface area contributed by atoms with Crippen molar-refractivity contribution in [3.63, 3.8) is 0 Å². The van der Waals surface area contributed by atoms with E-state index in [0.717, 1.165) is 22.9 Å². The van der Waals surface area contributed by atoms with E-state index in [9.17, 15) is 28.2 Å². The number of carboxylic acid groups (broad SMARTS) is 1. The molecule has 1 N–H and O–H groups in total. The molecule has 1 fully saturated rings. The van der Waals surface area contributed by atoms with E-state index < -0.39 is 46.0 Å². The van der Waals surface area contributed by atoms with Crippen molar-refractivity contribution in [1.82, 2.24) is 4.57 Å². The number of imidazole rings is 1. The molecule has 0 bridgehead atoms. The first-order valence-corrected chi connectivity index (χ1v) is 14.8. The maximum absolute atomic E-state index is 13.9. The van der Waals surface area contributed by atoms with Crippen molar-refractivity contribution in [2.24, 2.45) is 30.7 Å². The Morgan fingerprint density at radius 2 is 1.95 bits per heavy atom. The summed E-state index contributed by atoms with van der Waals surface area (Å²) in [6, 6.07) is 9.44. The van der Waals surface area contributed by atoms with Crippen LogP contribution < -0.4 is 30.7 Å². The minimum Gasteiger partial charge on any atom is -1.00 e. The Labute approximate surface area is 245 Å². The number of hydrogen-bond donors (Lipinski definition) is 1. The minimum absolute atomic E-state index is 0. The number of hydrogen-bond acceptors (Lipinski definition) is 6. The third-order valence-corrected chi connectivity index (χ3v) is 10.8. The minimum atomic E-state index is -4.08. The van der Waals surface area contributed by atoms with Crippen molar-refractivity contribution in [1.29, 1.82) is 0 Å². The maximum atomic E-state index is 13.9. The number of halogens is 1. The summed E-state index contributed by atoms with van der Waals surface area (Å²) in [6.07, 6.45) is 5.73. The van der Waals surface area contributed by atoms with Crippen molar-refractivity contribution >= 4 is 44.1 Å². The van der Waals surface area contributed by atoms with Gasteiger partial charge in [-0.2, -0.15) is 8.42 Å². The van der Waals surface area contributed by atoms with Crippen LogP contribution in [-0.4, -0.2) is 49.5 Å². The standard InChI is InChI=1S/C29H32N4O6S.ClH/c1-16-20(26(29(36)37)27-23(16)24(17(2)34)28(27)35)14-33-21-7-5-6-19-12-18(8-9-32-11-10-30(3)15-32)13-22(25(19)21)31(4)40(33,38)39;/h5-7,10-13,15-17,23-24,27,34H,8-9,14H2,1-4H3;1H/p-1/t16-,17+,23+,24+,27?;/m0./s1. The van der Waals surface area contributed by atoms with Crippen LogP contribution in [0, 0.1) is 23.7 Å². The molecule has 3 aliphatic rings. The smallest absolute Gasteiger partial charge is 0.326 e. The number of aryl methyl sites for hydroxylation is 3. The van der Waals surface area contributed by atoms with Gasteiger partial charge in [-0.15, -0.1) is 0 Å². The number of nitrogens with zero attached hydrogens (tertiary/aromatic N) is 4. The number of aliphatic carboxylic acids is 1. The van der Waals surface area contributed by atoms with Crippen molar-refractivity contribution in [2.75, 3.05) is 22.2 Å². The summed E-state index contributed by atoms with van der Waals surface area (Å²) in [5.41, 5.74) is 2.25. The molecule has 0 radical (unpaired) electrons. The summed E-state index contributed by atoms with van der Waals surface area (Å²) >= 11 is 0. The highest BCUT2D eigenvalue weighted by Crippen LogP contribution is 2.56. The van der Waals surface area contributed by atoms with Gasteiger partial charge in [-0.1, -0.05) is 25.1 Å². The number of fused-ring (bicyclic) bond motifs is 1. The van der Waals surface area contributed by atoms with Crippen molar-refractivity contribution < 1.29 is 45.2 Å². The van der Waals surface area contributed by atoms with Crippen molar-refractivity contribution in [3.8, 4) is 0 Å². The first kappa shape index (κ1) is 29.1. The fourth-order valence-electron chi connectivity index (χ4n) is 6.99. The second-order valence-electron chi connectivity index (χ2n) is 11.3.